The maximum atomic E-state index is 9.00. The molecule has 0 saturated carbocycles. The highest BCUT2D eigenvalue weighted by molar-refractivity contribution is 5.92. The molecule has 2 aromatic rings. The fourth-order valence-corrected chi connectivity index (χ4v) is 3.27. The first kappa shape index (κ1) is 26.7. The van der Waals surface area contributed by atoms with Gasteiger partial charge < -0.3 is 15.2 Å². The van der Waals surface area contributed by atoms with E-state index in [1.165, 1.54) is 22.3 Å². The number of amidine groups is 1. The molecule has 0 bridgehead atoms. The fraction of sp³-hybridized carbons (Fsp3) is 0.333. The van der Waals surface area contributed by atoms with E-state index in [0.717, 1.165) is 37.8 Å². The minimum atomic E-state index is -0.833. The highest BCUT2D eigenvalue weighted by atomic mass is 16.5. The Bertz CT molecular complexity index is 913. The molecular weight excluding hydrogens is 400 g/mol. The van der Waals surface area contributed by atoms with E-state index in [2.05, 4.69) is 59.4 Å². The maximum Gasteiger partial charge on any atom is 0.300 e. The van der Waals surface area contributed by atoms with Crippen LogP contribution >= 0.6 is 0 Å². The summed E-state index contributed by atoms with van der Waals surface area (Å²) in [6.45, 7) is 10.0. The number of carbonyl (C=O) groups is 1. The van der Waals surface area contributed by atoms with Crippen molar-refractivity contribution in [1.82, 2.24) is 5.32 Å². The van der Waals surface area contributed by atoms with E-state index in [-0.39, 0.29) is 0 Å². The lowest BCUT2D eigenvalue weighted by Gasteiger charge is -2.12. The van der Waals surface area contributed by atoms with Crippen molar-refractivity contribution >= 4 is 11.8 Å². The van der Waals surface area contributed by atoms with Gasteiger partial charge >= 0.3 is 0 Å². The molecule has 0 heterocycles. The van der Waals surface area contributed by atoms with Gasteiger partial charge in [0.05, 0.1) is 6.54 Å². The zero-order valence-corrected chi connectivity index (χ0v) is 19.7. The Labute approximate surface area is 192 Å². The largest absolute Gasteiger partial charge is 0.492 e. The molecule has 0 atom stereocenters. The fourth-order valence-electron chi connectivity index (χ4n) is 3.27. The monoisotopic (exact) mass is 436 g/mol. The van der Waals surface area contributed by atoms with Crippen molar-refractivity contribution in [2.75, 3.05) is 20.2 Å². The van der Waals surface area contributed by atoms with E-state index in [4.69, 9.17) is 14.6 Å². The van der Waals surface area contributed by atoms with Crippen LogP contribution in [-0.2, 0) is 24.1 Å². The molecule has 0 fully saturated rings. The number of nitrogens with one attached hydrogen (secondary N) is 1. The van der Waals surface area contributed by atoms with Crippen molar-refractivity contribution in [3.63, 3.8) is 0 Å². The number of allylic oxidation sites excluding steroid dienone is 2. The van der Waals surface area contributed by atoms with E-state index < -0.39 is 5.97 Å². The van der Waals surface area contributed by atoms with Crippen LogP contribution < -0.4 is 10.1 Å². The van der Waals surface area contributed by atoms with Gasteiger partial charge in [-0.3, -0.25) is 9.79 Å². The lowest BCUT2D eigenvalue weighted by Crippen LogP contribution is -2.26. The molecule has 5 heteroatoms. The number of carboxylic acids is 1. The molecule has 0 unspecified atom stereocenters. The van der Waals surface area contributed by atoms with Gasteiger partial charge in [0.15, 0.2) is 0 Å². The SMILES string of the molecule is C=C/C=C\C(=NC)NCCOc1ccc2c(c1)Cc1ccccc1CC2.CC.CC(=O)O. The molecule has 0 aromatic heterocycles. The Morgan fingerprint density at radius 3 is 2.38 bits per heavy atom. The summed E-state index contributed by atoms with van der Waals surface area (Å²) in [5.74, 6) is 0.925. The van der Waals surface area contributed by atoms with Gasteiger partial charge in [0.1, 0.15) is 18.2 Å². The van der Waals surface area contributed by atoms with Gasteiger partial charge in [-0.05, 0) is 59.7 Å². The van der Waals surface area contributed by atoms with E-state index in [1.807, 2.05) is 26.0 Å². The quantitative estimate of drug-likeness (QED) is 0.281. The van der Waals surface area contributed by atoms with Crippen LogP contribution in [0.4, 0.5) is 0 Å². The van der Waals surface area contributed by atoms with Crippen LogP contribution in [0, 0.1) is 0 Å². The van der Waals surface area contributed by atoms with Gasteiger partial charge in [-0.2, -0.15) is 0 Å². The lowest BCUT2D eigenvalue weighted by molar-refractivity contribution is -0.134. The molecule has 0 radical (unpaired) electrons. The molecule has 3 rings (SSSR count). The van der Waals surface area contributed by atoms with Crippen molar-refractivity contribution in [1.29, 1.82) is 0 Å². The summed E-state index contributed by atoms with van der Waals surface area (Å²) in [4.78, 5) is 13.2. The Balaban J connectivity index is 0.000000769. The summed E-state index contributed by atoms with van der Waals surface area (Å²) in [6.07, 6.45) is 8.69. The summed E-state index contributed by atoms with van der Waals surface area (Å²) < 4.78 is 5.94. The molecule has 172 valence electrons. The standard InChI is InChI=1S/C23H26N2O.C2H4O2.C2H6/c1-3-4-9-23(24-2)25-14-15-26-22-13-12-19-11-10-18-7-5-6-8-20(18)16-21(19)17-22;1-2(3)4;1-2/h3-9,12-13,17H,1,10-11,14-16H2,2H3,(H,24,25);1H3,(H,3,4);1-2H3/b9-4-;;. The molecule has 5 nitrogen and oxygen atoms in total. The summed E-state index contributed by atoms with van der Waals surface area (Å²) in [6, 6.07) is 15.3. The van der Waals surface area contributed by atoms with Gasteiger partial charge in [-0.25, -0.2) is 0 Å². The minimum Gasteiger partial charge on any atom is -0.492 e. The number of ether oxygens (including phenoxy) is 1. The Kier molecular flexibility index (Phi) is 12.9. The van der Waals surface area contributed by atoms with Crippen LogP contribution in [0.3, 0.4) is 0 Å². The van der Waals surface area contributed by atoms with E-state index in [1.54, 1.807) is 13.1 Å². The third kappa shape index (κ3) is 9.65. The van der Waals surface area contributed by atoms with Crippen LogP contribution in [0.1, 0.15) is 43.0 Å². The average molecular weight is 437 g/mol. The van der Waals surface area contributed by atoms with Crippen molar-refractivity contribution in [3.8, 4) is 5.75 Å². The number of benzene rings is 2. The second-order valence-electron chi connectivity index (χ2n) is 6.87. The van der Waals surface area contributed by atoms with Crippen LogP contribution in [0.2, 0.25) is 0 Å². The predicted molar refractivity (Wildman–Crippen MR) is 134 cm³/mol. The number of nitrogens with zero attached hydrogens (tertiary/aromatic N) is 1. The number of aryl methyl sites for hydroxylation is 2. The van der Waals surface area contributed by atoms with Crippen LogP contribution in [-0.4, -0.2) is 37.1 Å². The number of aliphatic imine (C=N–C) groups is 1. The van der Waals surface area contributed by atoms with E-state index in [9.17, 15) is 0 Å². The van der Waals surface area contributed by atoms with Gasteiger partial charge in [-0.15, -0.1) is 0 Å². The number of fused-ring (bicyclic) bond motifs is 2. The predicted octanol–water partition coefficient (Wildman–Crippen LogP) is 5.23. The first-order chi connectivity index (χ1) is 15.5. The maximum absolute atomic E-state index is 9.00. The number of rotatable bonds is 6. The third-order valence-corrected chi connectivity index (χ3v) is 4.65. The Hall–Kier alpha value is -3.34. The second-order valence-corrected chi connectivity index (χ2v) is 6.87. The minimum absolute atomic E-state index is 0.594. The topological polar surface area (TPSA) is 70.9 Å². The van der Waals surface area contributed by atoms with Gasteiger partial charge in [-0.1, -0.05) is 62.9 Å². The first-order valence-corrected chi connectivity index (χ1v) is 11.0. The molecule has 0 amide bonds. The summed E-state index contributed by atoms with van der Waals surface area (Å²) in [7, 11) is 1.76. The van der Waals surface area contributed by atoms with Gasteiger partial charge in [0.25, 0.3) is 5.97 Å². The number of hydrogen-bond acceptors (Lipinski definition) is 3. The molecule has 32 heavy (non-hydrogen) atoms. The molecule has 2 N–H and O–H groups in total. The zero-order chi connectivity index (χ0) is 23.8. The van der Waals surface area contributed by atoms with Crippen LogP contribution in [0.5, 0.6) is 5.75 Å². The van der Waals surface area contributed by atoms with E-state index >= 15 is 0 Å². The van der Waals surface area contributed by atoms with Crippen molar-refractivity contribution in [2.24, 2.45) is 4.99 Å². The highest BCUT2D eigenvalue weighted by Crippen LogP contribution is 2.27. The normalized spacial score (nSPS) is 12.1. The molecule has 0 saturated heterocycles. The van der Waals surface area contributed by atoms with Gasteiger partial charge in [0, 0.05) is 14.0 Å². The van der Waals surface area contributed by atoms with Gasteiger partial charge in [0.2, 0.25) is 0 Å². The van der Waals surface area contributed by atoms with Crippen molar-refractivity contribution in [2.45, 2.75) is 40.0 Å². The van der Waals surface area contributed by atoms with Crippen LogP contribution in [0.15, 0.2) is 72.3 Å². The Morgan fingerprint density at radius 1 is 1.12 bits per heavy atom. The number of hydrogen-bond donors (Lipinski definition) is 2. The third-order valence-electron chi connectivity index (χ3n) is 4.65. The first-order valence-electron chi connectivity index (χ1n) is 11.0. The number of carboxylic acid groups (broad SMARTS) is 1. The molecule has 2 aromatic carbocycles. The summed E-state index contributed by atoms with van der Waals surface area (Å²) in [5.41, 5.74) is 5.71. The average Bonchev–Trinajstić information content (AvgIpc) is 2.98. The zero-order valence-electron chi connectivity index (χ0n) is 19.7. The van der Waals surface area contributed by atoms with E-state index in [0.29, 0.717) is 13.2 Å². The number of aliphatic carboxylic acids is 1. The molecule has 1 aliphatic rings. The lowest BCUT2D eigenvalue weighted by atomic mass is 10.0. The molecule has 0 aliphatic heterocycles. The second kappa shape index (κ2) is 15.5. The molecule has 0 spiro atoms. The highest BCUT2D eigenvalue weighted by Gasteiger charge is 2.13. The Morgan fingerprint density at radius 2 is 1.75 bits per heavy atom. The summed E-state index contributed by atoms with van der Waals surface area (Å²) in [5, 5.41) is 10.7. The van der Waals surface area contributed by atoms with Crippen LogP contribution in [0.25, 0.3) is 0 Å². The molecular formula is C27H36N2O3. The smallest absolute Gasteiger partial charge is 0.300 e. The molecule has 1 aliphatic carbocycles. The van der Waals surface area contributed by atoms with Crippen molar-refractivity contribution in [3.05, 3.63) is 89.5 Å². The summed E-state index contributed by atoms with van der Waals surface area (Å²) >= 11 is 0. The van der Waals surface area contributed by atoms with Crippen molar-refractivity contribution < 1.29 is 14.6 Å².